The van der Waals surface area contributed by atoms with Crippen molar-refractivity contribution in [1.82, 2.24) is 0 Å². The Morgan fingerprint density at radius 3 is 2.74 bits per heavy atom. The standard InChI is InChI=1S/C13H16FNO4/c1-2-6-19-7-5-12(16)15-11-8-9(13(17)18)3-4-10(11)14/h3-4,8H,2,5-7H2,1H3,(H,15,16)(H,17,18). The molecule has 2 N–H and O–H groups in total. The Balaban J connectivity index is 2.58. The summed E-state index contributed by atoms with van der Waals surface area (Å²) < 4.78 is 18.5. The topological polar surface area (TPSA) is 75.6 Å². The van der Waals surface area contributed by atoms with E-state index in [1.807, 2.05) is 6.92 Å². The number of hydrogen-bond donors (Lipinski definition) is 2. The lowest BCUT2D eigenvalue weighted by Gasteiger charge is -2.07. The van der Waals surface area contributed by atoms with Crippen molar-refractivity contribution in [2.75, 3.05) is 18.5 Å². The molecule has 0 fully saturated rings. The van der Waals surface area contributed by atoms with Gasteiger partial charge in [-0.1, -0.05) is 6.92 Å². The van der Waals surface area contributed by atoms with Crippen LogP contribution in [0.1, 0.15) is 30.1 Å². The highest BCUT2D eigenvalue weighted by atomic mass is 19.1. The van der Waals surface area contributed by atoms with E-state index in [0.717, 1.165) is 24.6 Å². The molecule has 0 aliphatic carbocycles. The van der Waals surface area contributed by atoms with Gasteiger partial charge < -0.3 is 15.2 Å². The van der Waals surface area contributed by atoms with Gasteiger partial charge in [0, 0.05) is 6.61 Å². The summed E-state index contributed by atoms with van der Waals surface area (Å²) in [6.45, 7) is 2.77. The van der Waals surface area contributed by atoms with Gasteiger partial charge in [-0.05, 0) is 24.6 Å². The molecule has 0 aromatic heterocycles. The number of amides is 1. The molecule has 0 atom stereocenters. The zero-order valence-electron chi connectivity index (χ0n) is 10.6. The molecule has 0 saturated heterocycles. The molecule has 0 saturated carbocycles. The fourth-order valence-electron chi connectivity index (χ4n) is 1.38. The minimum atomic E-state index is -1.18. The highest BCUT2D eigenvalue weighted by molar-refractivity contribution is 5.94. The maximum atomic E-state index is 13.4. The summed E-state index contributed by atoms with van der Waals surface area (Å²) in [4.78, 5) is 22.2. The van der Waals surface area contributed by atoms with Crippen LogP contribution in [0.5, 0.6) is 0 Å². The van der Waals surface area contributed by atoms with Crippen LogP contribution in [0.3, 0.4) is 0 Å². The smallest absolute Gasteiger partial charge is 0.335 e. The first-order valence-corrected chi connectivity index (χ1v) is 5.95. The molecule has 5 nitrogen and oxygen atoms in total. The lowest BCUT2D eigenvalue weighted by atomic mass is 10.2. The van der Waals surface area contributed by atoms with Gasteiger partial charge in [0.1, 0.15) is 5.82 Å². The highest BCUT2D eigenvalue weighted by Crippen LogP contribution is 2.16. The predicted molar refractivity (Wildman–Crippen MR) is 67.7 cm³/mol. The van der Waals surface area contributed by atoms with Gasteiger partial charge >= 0.3 is 5.97 Å². The van der Waals surface area contributed by atoms with E-state index >= 15 is 0 Å². The summed E-state index contributed by atoms with van der Waals surface area (Å²) in [5.74, 6) is -2.27. The van der Waals surface area contributed by atoms with E-state index in [0.29, 0.717) is 6.61 Å². The van der Waals surface area contributed by atoms with Crippen molar-refractivity contribution in [1.29, 1.82) is 0 Å². The van der Waals surface area contributed by atoms with E-state index in [-0.39, 0.29) is 24.3 Å². The average Bonchev–Trinajstić information content (AvgIpc) is 2.37. The van der Waals surface area contributed by atoms with Crippen molar-refractivity contribution in [2.45, 2.75) is 19.8 Å². The van der Waals surface area contributed by atoms with Crippen molar-refractivity contribution in [3.05, 3.63) is 29.6 Å². The van der Waals surface area contributed by atoms with Crippen LogP contribution in [0.2, 0.25) is 0 Å². The second kappa shape index (κ2) is 7.48. The van der Waals surface area contributed by atoms with Gasteiger partial charge in [0.25, 0.3) is 0 Å². The Kier molecular flexibility index (Phi) is 5.95. The van der Waals surface area contributed by atoms with Crippen molar-refractivity contribution in [3.63, 3.8) is 0 Å². The van der Waals surface area contributed by atoms with Gasteiger partial charge in [-0.25, -0.2) is 9.18 Å². The molecule has 0 unspecified atom stereocenters. The first-order chi connectivity index (χ1) is 9.04. The van der Waals surface area contributed by atoms with Crippen LogP contribution in [0, 0.1) is 5.82 Å². The van der Waals surface area contributed by atoms with Gasteiger partial charge in [-0.15, -0.1) is 0 Å². The summed E-state index contributed by atoms with van der Waals surface area (Å²) in [6.07, 6.45) is 0.952. The van der Waals surface area contributed by atoms with Crippen LogP contribution >= 0.6 is 0 Å². The third-order valence-electron chi connectivity index (χ3n) is 2.31. The summed E-state index contributed by atoms with van der Waals surface area (Å²) in [7, 11) is 0. The molecule has 1 amide bonds. The number of anilines is 1. The van der Waals surface area contributed by atoms with Crippen molar-refractivity contribution in [2.24, 2.45) is 0 Å². The Hall–Kier alpha value is -1.95. The van der Waals surface area contributed by atoms with Gasteiger partial charge in [-0.3, -0.25) is 4.79 Å². The Morgan fingerprint density at radius 1 is 1.37 bits per heavy atom. The molecular formula is C13H16FNO4. The molecule has 104 valence electrons. The molecular weight excluding hydrogens is 253 g/mol. The largest absolute Gasteiger partial charge is 0.478 e. The van der Waals surface area contributed by atoms with Crippen molar-refractivity contribution < 1.29 is 23.8 Å². The molecule has 0 bridgehead atoms. The van der Waals surface area contributed by atoms with Crippen LogP contribution in [0.4, 0.5) is 10.1 Å². The zero-order valence-corrected chi connectivity index (χ0v) is 10.6. The van der Waals surface area contributed by atoms with E-state index in [2.05, 4.69) is 5.32 Å². The molecule has 19 heavy (non-hydrogen) atoms. The fourth-order valence-corrected chi connectivity index (χ4v) is 1.38. The molecule has 0 heterocycles. The summed E-state index contributed by atoms with van der Waals surface area (Å²) >= 11 is 0. The number of nitrogens with one attached hydrogen (secondary N) is 1. The third kappa shape index (κ3) is 5.05. The number of carbonyl (C=O) groups is 2. The van der Waals surface area contributed by atoms with Gasteiger partial charge in [-0.2, -0.15) is 0 Å². The molecule has 0 radical (unpaired) electrons. The van der Waals surface area contributed by atoms with Crippen LogP contribution in [0.25, 0.3) is 0 Å². The second-order valence-electron chi connectivity index (χ2n) is 3.91. The maximum absolute atomic E-state index is 13.4. The van der Waals surface area contributed by atoms with E-state index in [4.69, 9.17) is 9.84 Å². The number of hydrogen-bond acceptors (Lipinski definition) is 3. The maximum Gasteiger partial charge on any atom is 0.335 e. The summed E-state index contributed by atoms with van der Waals surface area (Å²) in [5, 5.41) is 11.1. The molecule has 1 aromatic carbocycles. The minimum Gasteiger partial charge on any atom is -0.478 e. The normalized spacial score (nSPS) is 10.2. The monoisotopic (exact) mass is 269 g/mol. The van der Waals surface area contributed by atoms with Crippen molar-refractivity contribution >= 4 is 17.6 Å². The molecule has 0 aliphatic rings. The fraction of sp³-hybridized carbons (Fsp3) is 0.385. The van der Waals surface area contributed by atoms with Crippen LogP contribution in [0.15, 0.2) is 18.2 Å². The van der Waals surface area contributed by atoms with Gasteiger partial charge in [0.05, 0.1) is 24.3 Å². The summed E-state index contributed by atoms with van der Waals surface area (Å²) in [6, 6.07) is 3.23. The lowest BCUT2D eigenvalue weighted by molar-refractivity contribution is -0.117. The zero-order chi connectivity index (χ0) is 14.3. The Bertz CT molecular complexity index is 462. The third-order valence-corrected chi connectivity index (χ3v) is 2.31. The Labute approximate surface area is 110 Å². The van der Waals surface area contributed by atoms with Crippen LogP contribution in [-0.4, -0.2) is 30.2 Å². The average molecular weight is 269 g/mol. The number of ether oxygens (including phenoxy) is 1. The molecule has 0 aliphatic heterocycles. The number of carboxylic acids is 1. The molecule has 1 rings (SSSR count). The highest BCUT2D eigenvalue weighted by Gasteiger charge is 2.10. The number of rotatable bonds is 7. The first-order valence-electron chi connectivity index (χ1n) is 5.95. The quantitative estimate of drug-likeness (QED) is 0.744. The van der Waals surface area contributed by atoms with Gasteiger partial charge in [0.2, 0.25) is 5.91 Å². The van der Waals surface area contributed by atoms with Crippen LogP contribution < -0.4 is 5.32 Å². The van der Waals surface area contributed by atoms with E-state index in [9.17, 15) is 14.0 Å². The molecule has 1 aromatic rings. The molecule has 0 spiro atoms. The predicted octanol–water partition coefficient (Wildman–Crippen LogP) is 2.28. The number of carboxylic acid groups (broad SMARTS) is 1. The molecule has 6 heteroatoms. The first kappa shape index (κ1) is 15.1. The van der Waals surface area contributed by atoms with E-state index in [1.165, 1.54) is 0 Å². The van der Waals surface area contributed by atoms with Gasteiger partial charge in [0.15, 0.2) is 0 Å². The SMILES string of the molecule is CCCOCCC(=O)Nc1cc(C(=O)O)ccc1F. The number of benzene rings is 1. The van der Waals surface area contributed by atoms with Crippen molar-refractivity contribution in [3.8, 4) is 0 Å². The van der Waals surface area contributed by atoms with E-state index < -0.39 is 17.7 Å². The summed E-state index contributed by atoms with van der Waals surface area (Å²) in [5.41, 5.74) is -0.223. The lowest BCUT2D eigenvalue weighted by Crippen LogP contribution is -2.15. The van der Waals surface area contributed by atoms with Crippen LogP contribution in [-0.2, 0) is 9.53 Å². The Morgan fingerprint density at radius 2 is 2.11 bits per heavy atom. The second-order valence-corrected chi connectivity index (χ2v) is 3.91. The number of halogens is 1. The minimum absolute atomic E-state index is 0.0843. The number of aromatic carboxylic acids is 1. The van der Waals surface area contributed by atoms with E-state index in [1.54, 1.807) is 0 Å². The number of carbonyl (C=O) groups excluding carboxylic acids is 1.